The smallest absolute Gasteiger partial charge is 0.411 e. The number of Topliss-reactive ketones (excluding diaryl/α,β-unsaturated/α-hetero) is 1. The van der Waals surface area contributed by atoms with Gasteiger partial charge in [0.25, 0.3) is 0 Å². The number of hydrogen-bond acceptors (Lipinski definition) is 7. The van der Waals surface area contributed by atoms with Crippen LogP contribution in [-0.2, 0) is 11.2 Å². The minimum atomic E-state index is -0.643. The number of carbonyl (C=O) groups is 3. The number of aromatic nitrogens is 1. The molecule has 9 nitrogen and oxygen atoms in total. The number of thiazole rings is 1. The van der Waals surface area contributed by atoms with E-state index in [1.165, 1.54) is 19.1 Å². The van der Waals surface area contributed by atoms with Crippen LogP contribution in [0.2, 0.25) is 0 Å². The second-order valence-corrected chi connectivity index (χ2v) is 12.5. The lowest BCUT2D eigenvalue weighted by atomic mass is 9.90. The Bertz CT molecular complexity index is 1190. The maximum Gasteiger partial charge on any atom is 0.411 e. The van der Waals surface area contributed by atoms with Crippen LogP contribution in [0.4, 0.5) is 19.1 Å². The Morgan fingerprint density at radius 1 is 1.15 bits per heavy atom. The van der Waals surface area contributed by atoms with Crippen molar-refractivity contribution < 1.29 is 23.5 Å². The molecule has 1 atom stereocenters. The number of benzene rings is 1. The van der Waals surface area contributed by atoms with Crippen molar-refractivity contribution >= 4 is 34.4 Å². The zero-order valence-electron chi connectivity index (χ0n) is 23.3. The molecule has 1 N–H and O–H groups in total. The normalized spacial score (nSPS) is 18.9. The van der Waals surface area contributed by atoms with Gasteiger partial charge in [-0.25, -0.2) is 19.0 Å². The topological polar surface area (TPSA) is 95.1 Å². The summed E-state index contributed by atoms with van der Waals surface area (Å²) in [6.45, 7) is 11.5. The van der Waals surface area contributed by atoms with E-state index < -0.39 is 11.7 Å². The van der Waals surface area contributed by atoms with Crippen molar-refractivity contribution in [1.82, 2.24) is 19.7 Å². The Morgan fingerprint density at radius 3 is 2.41 bits per heavy atom. The van der Waals surface area contributed by atoms with Gasteiger partial charge < -0.3 is 14.5 Å². The van der Waals surface area contributed by atoms with Crippen LogP contribution in [0.1, 0.15) is 61.5 Å². The van der Waals surface area contributed by atoms with Crippen LogP contribution in [-0.4, -0.2) is 82.1 Å². The molecule has 3 heterocycles. The predicted octanol–water partition coefficient (Wildman–Crippen LogP) is 5.16. The maximum atomic E-state index is 13.4. The van der Waals surface area contributed by atoms with E-state index in [4.69, 9.17) is 4.74 Å². The Kier molecular flexibility index (Phi) is 8.90. The lowest BCUT2D eigenvalue weighted by Crippen LogP contribution is -2.48. The van der Waals surface area contributed by atoms with Crippen molar-refractivity contribution in [3.05, 3.63) is 46.2 Å². The van der Waals surface area contributed by atoms with E-state index in [0.29, 0.717) is 34.7 Å². The monoisotopic (exact) mass is 559 g/mol. The first kappa shape index (κ1) is 28.9. The van der Waals surface area contributed by atoms with E-state index in [9.17, 15) is 18.8 Å². The highest BCUT2D eigenvalue weighted by atomic mass is 32.1. The molecule has 1 aromatic carbocycles. The molecular formula is C28H38FN5O4S. The van der Waals surface area contributed by atoms with E-state index >= 15 is 0 Å². The number of urea groups is 1. The molecule has 2 aliphatic heterocycles. The standard InChI is InChI=1S/C28H38FN5O4S/c1-18-24(19(2)35)39-25(30-18)31-26(36)34-17-33(27(37)38-28(3,4)5)16-23(34)15-32-12-10-21(11-13-32)14-20-6-8-22(29)9-7-20/h6-9,21,23H,10-17H2,1-5H3,(H,30,31,36). The van der Waals surface area contributed by atoms with Gasteiger partial charge in [0.05, 0.1) is 16.6 Å². The fourth-order valence-corrected chi connectivity index (χ4v) is 5.97. The Balaban J connectivity index is 1.40. The summed E-state index contributed by atoms with van der Waals surface area (Å²) in [4.78, 5) is 48.4. The van der Waals surface area contributed by atoms with Gasteiger partial charge >= 0.3 is 12.1 Å². The highest BCUT2D eigenvalue weighted by Crippen LogP contribution is 2.27. The van der Waals surface area contributed by atoms with Gasteiger partial charge in [0.15, 0.2) is 10.9 Å². The van der Waals surface area contributed by atoms with Crippen LogP contribution in [0, 0.1) is 18.7 Å². The summed E-state index contributed by atoms with van der Waals surface area (Å²) in [5.41, 5.74) is 1.09. The molecule has 11 heteroatoms. The SMILES string of the molecule is CC(=O)c1sc(NC(=O)N2CN(C(=O)OC(C)(C)C)CC2CN2CCC(Cc3ccc(F)cc3)CC2)nc1C. The number of piperidine rings is 1. The molecule has 0 spiro atoms. The molecule has 212 valence electrons. The summed E-state index contributed by atoms with van der Waals surface area (Å²) in [7, 11) is 0. The first-order chi connectivity index (χ1) is 18.4. The van der Waals surface area contributed by atoms with Crippen molar-refractivity contribution in [1.29, 1.82) is 0 Å². The third kappa shape index (κ3) is 7.76. The molecule has 39 heavy (non-hydrogen) atoms. The van der Waals surface area contributed by atoms with Crippen molar-refractivity contribution in [2.24, 2.45) is 5.92 Å². The molecule has 1 unspecified atom stereocenters. The summed E-state index contributed by atoms with van der Waals surface area (Å²) in [5, 5.41) is 3.19. The number of aryl methyl sites for hydroxylation is 1. The number of amides is 3. The van der Waals surface area contributed by atoms with Crippen molar-refractivity contribution in [3.63, 3.8) is 0 Å². The summed E-state index contributed by atoms with van der Waals surface area (Å²) < 4.78 is 18.8. The minimum absolute atomic E-state index is 0.0940. The maximum absolute atomic E-state index is 13.4. The Morgan fingerprint density at radius 2 is 1.82 bits per heavy atom. The van der Waals surface area contributed by atoms with Gasteiger partial charge in [-0.3, -0.25) is 15.0 Å². The number of nitrogens with zero attached hydrogens (tertiary/aromatic N) is 4. The first-order valence-electron chi connectivity index (χ1n) is 13.4. The Labute approximate surface area is 233 Å². The molecule has 0 radical (unpaired) electrons. The molecule has 3 amide bonds. The molecule has 2 aliphatic rings. The molecule has 1 aromatic heterocycles. The van der Waals surface area contributed by atoms with E-state index in [0.717, 1.165) is 49.3 Å². The van der Waals surface area contributed by atoms with Crippen LogP contribution < -0.4 is 5.32 Å². The molecule has 4 rings (SSSR count). The zero-order valence-corrected chi connectivity index (χ0v) is 24.1. The predicted molar refractivity (Wildman–Crippen MR) is 149 cm³/mol. The first-order valence-corrected chi connectivity index (χ1v) is 14.2. The van der Waals surface area contributed by atoms with Crippen LogP contribution in [0.5, 0.6) is 0 Å². The van der Waals surface area contributed by atoms with E-state index in [1.807, 2.05) is 32.9 Å². The van der Waals surface area contributed by atoms with Gasteiger partial charge in [-0.2, -0.15) is 0 Å². The summed E-state index contributed by atoms with van der Waals surface area (Å²) in [6.07, 6.45) is 2.50. The number of ketones is 1. The molecule has 0 saturated carbocycles. The molecule has 2 saturated heterocycles. The average Bonchev–Trinajstić information content (AvgIpc) is 3.44. The van der Waals surface area contributed by atoms with Gasteiger partial charge in [-0.1, -0.05) is 23.5 Å². The molecular weight excluding hydrogens is 521 g/mol. The minimum Gasteiger partial charge on any atom is -0.444 e. The summed E-state index contributed by atoms with van der Waals surface area (Å²) in [6, 6.07) is 6.14. The number of anilines is 1. The van der Waals surface area contributed by atoms with Crippen LogP contribution in [0.15, 0.2) is 24.3 Å². The number of halogens is 1. The van der Waals surface area contributed by atoms with Crippen molar-refractivity contribution in [2.75, 3.05) is 38.2 Å². The lowest BCUT2D eigenvalue weighted by Gasteiger charge is -2.35. The quantitative estimate of drug-likeness (QED) is 0.492. The van der Waals surface area contributed by atoms with Crippen molar-refractivity contribution in [2.45, 2.75) is 65.5 Å². The van der Waals surface area contributed by atoms with Gasteiger partial charge in [0.2, 0.25) is 0 Å². The largest absolute Gasteiger partial charge is 0.444 e. The van der Waals surface area contributed by atoms with Gasteiger partial charge in [0.1, 0.15) is 18.1 Å². The molecule has 0 bridgehead atoms. The molecule has 2 aromatic rings. The average molecular weight is 560 g/mol. The fraction of sp³-hybridized carbons (Fsp3) is 0.571. The van der Waals surface area contributed by atoms with Crippen LogP contribution in [0.25, 0.3) is 0 Å². The molecule has 2 fully saturated rings. The summed E-state index contributed by atoms with van der Waals surface area (Å²) in [5.74, 6) is 0.212. The number of ether oxygens (including phenoxy) is 1. The highest BCUT2D eigenvalue weighted by Gasteiger charge is 2.39. The second-order valence-electron chi connectivity index (χ2n) is 11.5. The fourth-order valence-electron chi connectivity index (χ4n) is 5.12. The highest BCUT2D eigenvalue weighted by molar-refractivity contribution is 7.17. The molecule has 0 aliphatic carbocycles. The second kappa shape index (κ2) is 12.0. The van der Waals surface area contributed by atoms with Gasteiger partial charge in [0, 0.05) is 20.0 Å². The number of rotatable bonds is 6. The van der Waals surface area contributed by atoms with E-state index in [2.05, 4.69) is 15.2 Å². The van der Waals surface area contributed by atoms with E-state index in [1.54, 1.807) is 16.7 Å². The lowest BCUT2D eigenvalue weighted by molar-refractivity contribution is 0.0275. The zero-order chi connectivity index (χ0) is 28.3. The van der Waals surface area contributed by atoms with Crippen molar-refractivity contribution in [3.8, 4) is 0 Å². The number of hydrogen-bond donors (Lipinski definition) is 1. The van der Waals surface area contributed by atoms with Gasteiger partial charge in [-0.05, 0) is 83.7 Å². The number of carbonyl (C=O) groups excluding carboxylic acids is 3. The third-order valence-electron chi connectivity index (χ3n) is 7.05. The third-order valence-corrected chi connectivity index (χ3v) is 8.23. The van der Waals surface area contributed by atoms with Gasteiger partial charge in [-0.15, -0.1) is 0 Å². The summed E-state index contributed by atoms with van der Waals surface area (Å²) >= 11 is 1.15. The number of nitrogens with one attached hydrogen (secondary N) is 1. The van der Waals surface area contributed by atoms with Crippen LogP contribution in [0.3, 0.4) is 0 Å². The van der Waals surface area contributed by atoms with E-state index in [-0.39, 0.29) is 30.3 Å². The van der Waals surface area contributed by atoms with Crippen LogP contribution >= 0.6 is 11.3 Å². The number of likely N-dealkylation sites (tertiary alicyclic amines) is 1. The Hall–Kier alpha value is -3.05.